The maximum atomic E-state index is 11.6. The van der Waals surface area contributed by atoms with E-state index in [2.05, 4.69) is 10.8 Å². The maximum absolute atomic E-state index is 11.6. The van der Waals surface area contributed by atoms with Crippen LogP contribution >= 0.6 is 0 Å². The molecule has 0 bridgehead atoms. The number of carbonyl (C=O) groups excluding carboxylic acids is 1. The highest BCUT2D eigenvalue weighted by Gasteiger charge is 2.23. The van der Waals surface area contributed by atoms with Crippen LogP contribution in [-0.2, 0) is 6.54 Å². The first-order valence-electron chi connectivity index (χ1n) is 5.39. The van der Waals surface area contributed by atoms with E-state index in [-0.39, 0.29) is 5.92 Å². The molecule has 0 amide bonds. The van der Waals surface area contributed by atoms with Gasteiger partial charge in [-0.2, -0.15) is 0 Å². The Hall–Kier alpha value is -1.05. The van der Waals surface area contributed by atoms with Crippen LogP contribution in [-0.4, -0.2) is 10.4 Å². The first-order chi connectivity index (χ1) is 6.68. The first-order valence-corrected chi connectivity index (χ1v) is 5.39. The topological polar surface area (TPSA) is 22.0 Å². The van der Waals surface area contributed by atoms with Crippen molar-refractivity contribution in [2.24, 2.45) is 5.92 Å². The monoisotopic (exact) mass is 193 g/mol. The Kier molecular flexibility index (Phi) is 3.50. The number of nitrogens with zero attached hydrogens (tertiary/aromatic N) is 1. The van der Waals surface area contributed by atoms with E-state index in [1.165, 1.54) is 5.56 Å². The summed E-state index contributed by atoms with van der Waals surface area (Å²) in [6, 6.07) is 1.98. The van der Waals surface area contributed by atoms with Gasteiger partial charge < -0.3 is 4.57 Å². The zero-order chi connectivity index (χ0) is 10.7. The lowest BCUT2D eigenvalue weighted by atomic mass is 9.97. The lowest BCUT2D eigenvalue weighted by Crippen LogP contribution is -2.23. The van der Waals surface area contributed by atoms with E-state index in [0.29, 0.717) is 5.78 Å². The molecule has 1 aromatic heterocycles. The highest BCUT2D eigenvalue weighted by molar-refractivity contribution is 5.97. The molecular formula is C12H19NO. The second-order valence-electron chi connectivity index (χ2n) is 3.65. The van der Waals surface area contributed by atoms with Crippen molar-refractivity contribution in [3.63, 3.8) is 0 Å². The van der Waals surface area contributed by atoms with E-state index >= 15 is 0 Å². The predicted molar refractivity (Wildman–Crippen MR) is 58.6 cm³/mol. The Labute approximate surface area is 85.9 Å². The van der Waals surface area contributed by atoms with Gasteiger partial charge in [-0.15, -0.1) is 0 Å². The normalized spacial score (nSPS) is 19.7. The largest absolute Gasteiger partial charge is 0.345 e. The Bertz CT molecular complexity index is 325. The summed E-state index contributed by atoms with van der Waals surface area (Å²) in [6.07, 6.45) is 3.04. The third-order valence-corrected chi connectivity index (χ3v) is 2.54. The first kappa shape index (κ1) is 11.0. The van der Waals surface area contributed by atoms with Crippen LogP contribution in [0.25, 0.3) is 0 Å². The summed E-state index contributed by atoms with van der Waals surface area (Å²) in [4.78, 5) is 11.6. The summed E-state index contributed by atoms with van der Waals surface area (Å²) in [5, 5.41) is 0. The molecule has 0 aromatic carbocycles. The average molecular weight is 193 g/mol. The van der Waals surface area contributed by atoms with Gasteiger partial charge in [0, 0.05) is 18.7 Å². The van der Waals surface area contributed by atoms with Gasteiger partial charge in [0.05, 0.1) is 5.69 Å². The molecule has 1 unspecified atom stereocenters. The highest BCUT2D eigenvalue weighted by atomic mass is 16.1. The molecular weight excluding hydrogens is 174 g/mol. The minimum absolute atomic E-state index is 0.215. The Morgan fingerprint density at radius 2 is 2.07 bits per heavy atom. The van der Waals surface area contributed by atoms with Gasteiger partial charge in [-0.25, -0.2) is 0 Å². The zero-order valence-corrected chi connectivity index (χ0v) is 9.50. The van der Waals surface area contributed by atoms with E-state index < -0.39 is 0 Å². The van der Waals surface area contributed by atoms with E-state index in [1.807, 2.05) is 33.8 Å². The summed E-state index contributed by atoms with van der Waals surface area (Å²) in [6.45, 7) is 9.04. The second kappa shape index (κ2) is 4.45. The maximum Gasteiger partial charge on any atom is 0.182 e. The molecule has 2 heteroatoms. The zero-order valence-electron chi connectivity index (χ0n) is 9.50. The molecule has 2 heterocycles. The Balaban J connectivity index is 0.000000461. The number of ketones is 1. The lowest BCUT2D eigenvalue weighted by Gasteiger charge is -2.19. The van der Waals surface area contributed by atoms with Crippen molar-refractivity contribution in [3.05, 3.63) is 23.5 Å². The molecule has 0 N–H and O–H groups in total. The molecule has 2 rings (SSSR count). The number of Topliss-reactive ketones (excluding diaryl/α,β-unsaturated/α-hetero) is 1. The molecule has 1 aromatic rings. The van der Waals surface area contributed by atoms with Crippen molar-refractivity contribution in [2.45, 2.75) is 40.7 Å². The number of hydrogen-bond acceptors (Lipinski definition) is 1. The lowest BCUT2D eigenvalue weighted by molar-refractivity contribution is 0.0891. The number of aromatic nitrogens is 1. The molecule has 78 valence electrons. The molecule has 1 atom stereocenters. The van der Waals surface area contributed by atoms with Gasteiger partial charge in [0.1, 0.15) is 0 Å². The molecule has 0 spiro atoms. The summed E-state index contributed by atoms with van der Waals surface area (Å²) >= 11 is 0. The summed E-state index contributed by atoms with van der Waals surface area (Å²) in [5.74, 6) is 0.515. The van der Waals surface area contributed by atoms with Crippen molar-refractivity contribution in [1.82, 2.24) is 4.57 Å². The molecule has 0 aliphatic carbocycles. The fourth-order valence-corrected chi connectivity index (χ4v) is 1.77. The van der Waals surface area contributed by atoms with Crippen LogP contribution < -0.4 is 0 Å². The van der Waals surface area contributed by atoms with Gasteiger partial charge in [-0.3, -0.25) is 4.79 Å². The van der Waals surface area contributed by atoms with Gasteiger partial charge in [-0.05, 0) is 25.0 Å². The van der Waals surface area contributed by atoms with Crippen LogP contribution in [0.1, 0.15) is 43.2 Å². The van der Waals surface area contributed by atoms with Crippen LogP contribution in [0, 0.1) is 12.8 Å². The molecule has 0 fully saturated rings. The highest BCUT2D eigenvalue weighted by Crippen LogP contribution is 2.21. The quantitative estimate of drug-likeness (QED) is 0.620. The number of fused-ring (bicyclic) bond motifs is 1. The Morgan fingerprint density at radius 3 is 2.71 bits per heavy atom. The Morgan fingerprint density at radius 1 is 1.43 bits per heavy atom. The summed E-state index contributed by atoms with van der Waals surface area (Å²) in [5.41, 5.74) is 2.08. The van der Waals surface area contributed by atoms with Crippen molar-refractivity contribution in [2.75, 3.05) is 0 Å². The fraction of sp³-hybridized carbons (Fsp3) is 0.583. The van der Waals surface area contributed by atoms with Gasteiger partial charge >= 0.3 is 0 Å². The van der Waals surface area contributed by atoms with Gasteiger partial charge in [-0.1, -0.05) is 20.8 Å². The molecule has 1 aliphatic rings. The smallest absolute Gasteiger partial charge is 0.182 e. The van der Waals surface area contributed by atoms with Crippen molar-refractivity contribution in [1.29, 1.82) is 0 Å². The second-order valence-corrected chi connectivity index (χ2v) is 3.65. The van der Waals surface area contributed by atoms with Crippen LogP contribution in [0.4, 0.5) is 0 Å². The van der Waals surface area contributed by atoms with Gasteiger partial charge in [0.15, 0.2) is 5.78 Å². The summed E-state index contributed by atoms with van der Waals surface area (Å²) < 4.78 is 2.07. The van der Waals surface area contributed by atoms with E-state index in [1.54, 1.807) is 0 Å². The number of carbonyl (C=O) groups is 1. The standard InChI is InChI=1S/C10H13NO.C2H6/c1-7-5-9-10(12)8(2)3-4-11(9)6-7;1-2/h5-6,8H,3-4H2,1-2H3;1-2H3. The molecule has 14 heavy (non-hydrogen) atoms. The third kappa shape index (κ3) is 1.89. The van der Waals surface area contributed by atoms with Crippen LogP contribution in [0.2, 0.25) is 0 Å². The molecule has 2 nitrogen and oxygen atoms in total. The van der Waals surface area contributed by atoms with E-state index in [0.717, 1.165) is 18.7 Å². The van der Waals surface area contributed by atoms with Gasteiger partial charge in [0.25, 0.3) is 0 Å². The molecule has 0 radical (unpaired) electrons. The summed E-state index contributed by atoms with van der Waals surface area (Å²) in [7, 11) is 0. The number of aryl methyl sites for hydroxylation is 2. The predicted octanol–water partition coefficient (Wildman–Crippen LogP) is 3.05. The van der Waals surface area contributed by atoms with Crippen molar-refractivity contribution >= 4 is 5.78 Å². The molecule has 1 aliphatic heterocycles. The van der Waals surface area contributed by atoms with E-state index in [9.17, 15) is 4.79 Å². The minimum atomic E-state index is 0.215. The van der Waals surface area contributed by atoms with Crippen LogP contribution in [0.5, 0.6) is 0 Å². The van der Waals surface area contributed by atoms with Gasteiger partial charge in [0.2, 0.25) is 0 Å². The van der Waals surface area contributed by atoms with Crippen molar-refractivity contribution < 1.29 is 4.79 Å². The SMILES string of the molecule is CC.Cc1cc2n(c1)CCC(C)C2=O. The third-order valence-electron chi connectivity index (χ3n) is 2.54. The molecule has 0 saturated carbocycles. The number of hydrogen-bond donors (Lipinski definition) is 0. The molecule has 0 saturated heterocycles. The fourth-order valence-electron chi connectivity index (χ4n) is 1.77. The van der Waals surface area contributed by atoms with Crippen molar-refractivity contribution in [3.8, 4) is 0 Å². The van der Waals surface area contributed by atoms with Crippen LogP contribution in [0.3, 0.4) is 0 Å². The number of rotatable bonds is 0. The van der Waals surface area contributed by atoms with E-state index in [4.69, 9.17) is 0 Å². The average Bonchev–Trinajstić information content (AvgIpc) is 2.57. The van der Waals surface area contributed by atoms with Crippen LogP contribution in [0.15, 0.2) is 12.3 Å². The minimum Gasteiger partial charge on any atom is -0.345 e.